The number of para-hydroxylation sites is 1. The lowest BCUT2D eigenvalue weighted by atomic mass is 9.93. The topological polar surface area (TPSA) is 55.3 Å². The largest absolute Gasteiger partial charge is 0.399 e. The van der Waals surface area contributed by atoms with Crippen molar-refractivity contribution in [2.24, 2.45) is 0 Å². The molecular weight excluding hydrogens is 414 g/mol. The van der Waals surface area contributed by atoms with Crippen molar-refractivity contribution in [1.82, 2.24) is 0 Å². The molecule has 0 saturated carbocycles. The molecule has 0 bridgehead atoms. The minimum absolute atomic E-state index is 0.740. The number of anilines is 5. The molecule has 0 aliphatic carbocycles. The minimum atomic E-state index is 0.740. The van der Waals surface area contributed by atoms with Crippen LogP contribution in [0.5, 0.6) is 0 Å². The Morgan fingerprint density at radius 2 is 1.06 bits per heavy atom. The summed E-state index contributed by atoms with van der Waals surface area (Å²) in [5.74, 6) is 0. The summed E-state index contributed by atoms with van der Waals surface area (Å²) < 4.78 is 0. The van der Waals surface area contributed by atoms with Crippen molar-refractivity contribution in [2.45, 2.75) is 6.92 Å². The number of rotatable bonds is 5. The number of benzene rings is 5. The van der Waals surface area contributed by atoms with E-state index in [4.69, 9.17) is 11.5 Å². The van der Waals surface area contributed by atoms with Crippen LogP contribution in [0.1, 0.15) is 5.56 Å². The van der Waals surface area contributed by atoms with E-state index < -0.39 is 0 Å². The lowest BCUT2D eigenvalue weighted by Gasteiger charge is -2.26. The zero-order valence-corrected chi connectivity index (χ0v) is 19.1. The second-order valence-electron chi connectivity index (χ2n) is 8.48. The van der Waals surface area contributed by atoms with Crippen LogP contribution in [0.4, 0.5) is 28.4 Å². The molecule has 5 rings (SSSR count). The average Bonchev–Trinajstić information content (AvgIpc) is 2.86. The van der Waals surface area contributed by atoms with Gasteiger partial charge >= 0.3 is 0 Å². The Balaban J connectivity index is 1.58. The van der Waals surface area contributed by atoms with E-state index >= 15 is 0 Å². The number of aryl methyl sites for hydroxylation is 1. The van der Waals surface area contributed by atoms with Crippen molar-refractivity contribution in [3.8, 4) is 22.3 Å². The zero-order valence-electron chi connectivity index (χ0n) is 19.1. The van der Waals surface area contributed by atoms with Crippen LogP contribution in [0.3, 0.4) is 0 Å². The Bertz CT molecular complexity index is 1410. The van der Waals surface area contributed by atoms with E-state index in [9.17, 15) is 0 Å². The molecule has 4 N–H and O–H groups in total. The van der Waals surface area contributed by atoms with Gasteiger partial charge in [0.2, 0.25) is 0 Å². The van der Waals surface area contributed by atoms with Crippen molar-refractivity contribution in [2.75, 3.05) is 16.4 Å². The lowest BCUT2D eigenvalue weighted by molar-refractivity contribution is 1.27. The molecule has 5 aromatic rings. The van der Waals surface area contributed by atoms with Crippen molar-refractivity contribution >= 4 is 28.4 Å². The maximum Gasteiger partial charge on any atom is 0.0464 e. The van der Waals surface area contributed by atoms with Gasteiger partial charge in [-0.05, 0) is 95.4 Å². The molecule has 0 atom stereocenters. The van der Waals surface area contributed by atoms with Crippen molar-refractivity contribution in [1.29, 1.82) is 0 Å². The molecule has 0 radical (unpaired) electrons. The summed E-state index contributed by atoms with van der Waals surface area (Å²) in [5, 5.41) is 0. The van der Waals surface area contributed by atoms with Crippen LogP contribution in [0, 0.1) is 6.92 Å². The fraction of sp³-hybridized carbons (Fsp3) is 0.0323. The third-order valence-electron chi connectivity index (χ3n) is 5.98. The van der Waals surface area contributed by atoms with E-state index in [0.29, 0.717) is 0 Å². The van der Waals surface area contributed by atoms with Crippen LogP contribution in [-0.4, -0.2) is 0 Å². The number of nitrogens with zero attached hydrogens (tertiary/aromatic N) is 1. The Labute approximate surface area is 200 Å². The minimum Gasteiger partial charge on any atom is -0.399 e. The van der Waals surface area contributed by atoms with Crippen LogP contribution >= 0.6 is 0 Å². The van der Waals surface area contributed by atoms with Gasteiger partial charge in [-0.15, -0.1) is 0 Å². The molecular formula is C31H27N3. The Kier molecular flexibility index (Phi) is 5.75. The third kappa shape index (κ3) is 4.37. The normalized spacial score (nSPS) is 10.7. The standard InChI is InChI=1S/C31H27N3/c1-22-6-5-9-29(20-22)34(27-7-3-2-4-8-27)28-17-12-24(13-18-28)31-21-26(33)16-19-30(31)23-10-14-25(32)15-11-23/h2-21H,32-33H2,1H3. The van der Waals surface area contributed by atoms with Gasteiger partial charge in [-0.2, -0.15) is 0 Å². The van der Waals surface area contributed by atoms with Gasteiger partial charge in [-0.3, -0.25) is 0 Å². The molecule has 0 saturated heterocycles. The number of nitrogens with two attached hydrogens (primary N) is 2. The Morgan fingerprint density at radius 3 is 1.76 bits per heavy atom. The average molecular weight is 442 g/mol. The predicted octanol–water partition coefficient (Wildman–Crippen LogP) is 7.96. The van der Waals surface area contributed by atoms with Gasteiger partial charge in [0.15, 0.2) is 0 Å². The van der Waals surface area contributed by atoms with E-state index in [-0.39, 0.29) is 0 Å². The predicted molar refractivity (Wildman–Crippen MR) is 146 cm³/mol. The molecule has 0 unspecified atom stereocenters. The maximum atomic E-state index is 6.18. The number of hydrogen-bond acceptors (Lipinski definition) is 3. The molecule has 3 nitrogen and oxygen atoms in total. The molecule has 0 spiro atoms. The Hall–Kier alpha value is -4.50. The summed E-state index contributed by atoms with van der Waals surface area (Å²) in [7, 11) is 0. The second kappa shape index (κ2) is 9.16. The van der Waals surface area contributed by atoms with Gasteiger partial charge in [-0.25, -0.2) is 0 Å². The van der Waals surface area contributed by atoms with Crippen LogP contribution in [0.15, 0.2) is 121 Å². The fourth-order valence-electron chi connectivity index (χ4n) is 4.30. The van der Waals surface area contributed by atoms with Crippen LogP contribution in [0.2, 0.25) is 0 Å². The van der Waals surface area contributed by atoms with E-state index in [1.165, 1.54) is 5.56 Å². The van der Waals surface area contributed by atoms with Crippen LogP contribution < -0.4 is 16.4 Å². The molecule has 0 fully saturated rings. The first-order chi connectivity index (χ1) is 16.6. The molecule has 0 heterocycles. The molecule has 34 heavy (non-hydrogen) atoms. The summed E-state index contributed by atoms with van der Waals surface area (Å²) in [6, 6.07) is 41.7. The van der Waals surface area contributed by atoms with E-state index in [0.717, 1.165) is 50.7 Å². The first-order valence-electron chi connectivity index (χ1n) is 11.4. The third-order valence-corrected chi connectivity index (χ3v) is 5.98. The zero-order chi connectivity index (χ0) is 23.5. The Morgan fingerprint density at radius 1 is 0.471 bits per heavy atom. The monoisotopic (exact) mass is 441 g/mol. The first kappa shape index (κ1) is 21.4. The van der Waals surface area contributed by atoms with Crippen molar-refractivity contribution < 1.29 is 0 Å². The van der Waals surface area contributed by atoms with Crippen LogP contribution in [-0.2, 0) is 0 Å². The van der Waals surface area contributed by atoms with Gasteiger partial charge in [0, 0.05) is 28.4 Å². The second-order valence-corrected chi connectivity index (χ2v) is 8.48. The van der Waals surface area contributed by atoms with E-state index in [1.807, 2.05) is 42.5 Å². The summed E-state index contributed by atoms with van der Waals surface area (Å²) in [6.07, 6.45) is 0. The fourth-order valence-corrected chi connectivity index (χ4v) is 4.30. The highest BCUT2D eigenvalue weighted by Crippen LogP contribution is 2.38. The van der Waals surface area contributed by atoms with Crippen molar-refractivity contribution in [3.63, 3.8) is 0 Å². The van der Waals surface area contributed by atoms with E-state index in [2.05, 4.69) is 90.7 Å². The van der Waals surface area contributed by atoms with Gasteiger partial charge in [0.1, 0.15) is 0 Å². The van der Waals surface area contributed by atoms with Crippen LogP contribution in [0.25, 0.3) is 22.3 Å². The molecule has 0 aliphatic rings. The number of hydrogen-bond donors (Lipinski definition) is 2. The van der Waals surface area contributed by atoms with Gasteiger partial charge in [0.05, 0.1) is 0 Å². The maximum absolute atomic E-state index is 6.18. The van der Waals surface area contributed by atoms with Gasteiger partial charge in [-0.1, -0.05) is 60.7 Å². The summed E-state index contributed by atoms with van der Waals surface area (Å²) in [5.41, 5.74) is 22.6. The molecule has 0 aromatic heterocycles. The summed E-state index contributed by atoms with van der Waals surface area (Å²) in [4.78, 5) is 2.27. The van der Waals surface area contributed by atoms with Gasteiger partial charge < -0.3 is 16.4 Å². The summed E-state index contributed by atoms with van der Waals surface area (Å²) in [6.45, 7) is 2.12. The highest BCUT2D eigenvalue weighted by molar-refractivity contribution is 5.87. The highest BCUT2D eigenvalue weighted by Gasteiger charge is 2.14. The smallest absolute Gasteiger partial charge is 0.0464 e. The lowest BCUT2D eigenvalue weighted by Crippen LogP contribution is -2.09. The summed E-state index contributed by atoms with van der Waals surface area (Å²) >= 11 is 0. The van der Waals surface area contributed by atoms with Crippen molar-refractivity contribution in [3.05, 3.63) is 127 Å². The molecule has 0 aliphatic heterocycles. The van der Waals surface area contributed by atoms with E-state index in [1.54, 1.807) is 0 Å². The molecule has 3 heteroatoms. The molecule has 0 amide bonds. The quantitative estimate of drug-likeness (QED) is 0.272. The highest BCUT2D eigenvalue weighted by atomic mass is 15.1. The molecule has 5 aromatic carbocycles. The molecule has 166 valence electrons. The number of nitrogen functional groups attached to an aromatic ring is 2. The SMILES string of the molecule is Cc1cccc(N(c2ccccc2)c2ccc(-c3cc(N)ccc3-c3ccc(N)cc3)cc2)c1. The first-order valence-corrected chi connectivity index (χ1v) is 11.4. The van der Waals surface area contributed by atoms with Gasteiger partial charge in [0.25, 0.3) is 0 Å².